The predicted molar refractivity (Wildman–Crippen MR) is 97.7 cm³/mol. The van der Waals surface area contributed by atoms with Crippen molar-refractivity contribution in [2.75, 3.05) is 13.7 Å². The van der Waals surface area contributed by atoms with E-state index in [1.54, 1.807) is 7.11 Å². The number of methoxy groups -OCH3 is 1. The second-order valence-electron chi connectivity index (χ2n) is 5.49. The molecule has 0 spiro atoms. The predicted octanol–water partition coefficient (Wildman–Crippen LogP) is 2.92. The van der Waals surface area contributed by atoms with Gasteiger partial charge in [0.05, 0.1) is 12.3 Å². The van der Waals surface area contributed by atoms with Crippen molar-refractivity contribution in [3.05, 3.63) is 59.7 Å². The second-order valence-corrected chi connectivity index (χ2v) is 5.90. The molecule has 0 aromatic heterocycles. The number of hydrogen-bond donors (Lipinski definition) is 2. The lowest BCUT2D eigenvalue weighted by Gasteiger charge is -2.14. The van der Waals surface area contributed by atoms with Crippen molar-refractivity contribution in [1.29, 1.82) is 0 Å². The lowest BCUT2D eigenvalue weighted by atomic mass is 10.1. The van der Waals surface area contributed by atoms with Gasteiger partial charge in [-0.15, -0.1) is 0 Å². The van der Waals surface area contributed by atoms with E-state index in [-0.39, 0.29) is 6.04 Å². The van der Waals surface area contributed by atoms with Gasteiger partial charge in [-0.2, -0.15) is 5.10 Å². The Bertz CT molecular complexity index is 710. The zero-order valence-corrected chi connectivity index (χ0v) is 14.0. The molecule has 0 bridgehead atoms. The number of nitrogens with zero attached hydrogens (tertiary/aromatic N) is 1. The van der Waals surface area contributed by atoms with Gasteiger partial charge in [0.25, 0.3) is 0 Å². The summed E-state index contributed by atoms with van der Waals surface area (Å²) in [6, 6.07) is 16.7. The third-order valence-electron chi connectivity index (χ3n) is 3.72. The number of hydrogen-bond acceptors (Lipinski definition) is 3. The number of fused-ring (bicyclic) bond motifs is 3. The molecule has 2 aromatic carbocycles. The first-order valence-corrected chi connectivity index (χ1v) is 7.94. The van der Waals surface area contributed by atoms with E-state index in [4.69, 9.17) is 17.0 Å². The van der Waals surface area contributed by atoms with Crippen LogP contribution in [0.15, 0.2) is 53.6 Å². The van der Waals surface area contributed by atoms with E-state index in [2.05, 4.69) is 40.1 Å². The maximum absolute atomic E-state index is 5.29. The Morgan fingerprint density at radius 1 is 1.04 bits per heavy atom. The van der Waals surface area contributed by atoms with Crippen molar-refractivity contribution in [3.63, 3.8) is 0 Å². The Morgan fingerprint density at radius 3 is 2.09 bits per heavy atom. The second kappa shape index (κ2) is 6.89. The molecule has 1 atom stereocenters. The fourth-order valence-corrected chi connectivity index (χ4v) is 3.02. The van der Waals surface area contributed by atoms with Gasteiger partial charge in [0.15, 0.2) is 5.11 Å². The molecule has 4 nitrogen and oxygen atoms in total. The first kappa shape index (κ1) is 15.6. The number of rotatable bonds is 4. The molecular formula is C18H19N3OS. The summed E-state index contributed by atoms with van der Waals surface area (Å²) in [6.45, 7) is 2.59. The summed E-state index contributed by atoms with van der Waals surface area (Å²) in [7, 11) is 1.67. The Labute approximate surface area is 141 Å². The van der Waals surface area contributed by atoms with Crippen molar-refractivity contribution in [3.8, 4) is 11.1 Å². The largest absolute Gasteiger partial charge is 0.383 e. The molecule has 0 unspecified atom stereocenters. The van der Waals surface area contributed by atoms with E-state index in [0.29, 0.717) is 11.7 Å². The summed E-state index contributed by atoms with van der Waals surface area (Å²) in [5.74, 6) is 0. The smallest absolute Gasteiger partial charge is 0.187 e. The van der Waals surface area contributed by atoms with Gasteiger partial charge in [0, 0.05) is 24.3 Å². The lowest BCUT2D eigenvalue weighted by Crippen LogP contribution is -2.40. The third-order valence-corrected chi connectivity index (χ3v) is 3.93. The minimum Gasteiger partial charge on any atom is -0.383 e. The van der Waals surface area contributed by atoms with Gasteiger partial charge in [-0.25, -0.2) is 0 Å². The number of ether oxygens (including phenoxy) is 1. The van der Waals surface area contributed by atoms with Crippen LogP contribution in [0.3, 0.4) is 0 Å². The highest BCUT2D eigenvalue weighted by Crippen LogP contribution is 2.36. The molecule has 2 N–H and O–H groups in total. The van der Waals surface area contributed by atoms with Crippen molar-refractivity contribution in [2.45, 2.75) is 13.0 Å². The summed E-state index contributed by atoms with van der Waals surface area (Å²) >= 11 is 5.29. The first-order chi connectivity index (χ1) is 11.2. The number of nitrogens with one attached hydrogen (secondary N) is 2. The van der Waals surface area contributed by atoms with Crippen molar-refractivity contribution < 1.29 is 4.74 Å². The minimum atomic E-state index is 0.128. The fourth-order valence-electron chi connectivity index (χ4n) is 2.77. The SMILES string of the molecule is COC[C@H](C)NC(=S)NN=C1c2ccccc2-c2ccccc21. The van der Waals surface area contributed by atoms with Crippen LogP contribution in [-0.2, 0) is 4.74 Å². The summed E-state index contributed by atoms with van der Waals surface area (Å²) < 4.78 is 5.09. The minimum absolute atomic E-state index is 0.128. The Balaban J connectivity index is 1.84. The van der Waals surface area contributed by atoms with E-state index >= 15 is 0 Å². The van der Waals surface area contributed by atoms with Gasteiger partial charge in [-0.1, -0.05) is 48.5 Å². The number of thiocarbonyl (C=S) groups is 1. The number of benzene rings is 2. The van der Waals surface area contributed by atoms with Crippen LogP contribution in [-0.4, -0.2) is 30.6 Å². The van der Waals surface area contributed by atoms with Gasteiger partial charge in [0.1, 0.15) is 0 Å². The van der Waals surface area contributed by atoms with Gasteiger partial charge in [0.2, 0.25) is 0 Å². The average Bonchev–Trinajstić information content (AvgIpc) is 2.87. The topological polar surface area (TPSA) is 45.6 Å². The summed E-state index contributed by atoms with van der Waals surface area (Å²) in [5.41, 5.74) is 8.51. The maximum Gasteiger partial charge on any atom is 0.187 e. The molecule has 0 saturated carbocycles. The fraction of sp³-hybridized carbons (Fsp3) is 0.222. The van der Waals surface area contributed by atoms with E-state index in [1.807, 2.05) is 31.2 Å². The van der Waals surface area contributed by atoms with Crippen LogP contribution in [0, 0.1) is 0 Å². The van der Waals surface area contributed by atoms with E-state index in [0.717, 1.165) is 16.8 Å². The molecule has 1 aliphatic rings. The standard InChI is InChI=1S/C18H19N3OS/c1-12(11-22-2)19-18(23)21-20-17-15-9-5-3-7-13(15)14-8-4-6-10-16(14)17/h3-10,12H,11H2,1-2H3,(H2,19,21,23)/t12-/m0/s1. The van der Waals surface area contributed by atoms with Crippen LogP contribution >= 0.6 is 12.2 Å². The number of hydrazone groups is 1. The Morgan fingerprint density at radius 2 is 1.57 bits per heavy atom. The van der Waals surface area contributed by atoms with Crippen LogP contribution in [0.1, 0.15) is 18.1 Å². The van der Waals surface area contributed by atoms with Gasteiger partial charge < -0.3 is 10.1 Å². The summed E-state index contributed by atoms with van der Waals surface area (Å²) in [4.78, 5) is 0. The zero-order chi connectivity index (χ0) is 16.2. The van der Waals surface area contributed by atoms with Crippen LogP contribution in [0.2, 0.25) is 0 Å². The molecule has 0 saturated heterocycles. The monoisotopic (exact) mass is 325 g/mol. The molecule has 0 amide bonds. The molecule has 0 heterocycles. The van der Waals surface area contributed by atoms with Crippen molar-refractivity contribution in [1.82, 2.24) is 10.7 Å². The molecule has 118 valence electrons. The highest BCUT2D eigenvalue weighted by Gasteiger charge is 2.24. The Hall–Kier alpha value is -2.24. The van der Waals surface area contributed by atoms with Crippen molar-refractivity contribution in [2.24, 2.45) is 5.10 Å². The van der Waals surface area contributed by atoms with Crippen LogP contribution < -0.4 is 10.7 Å². The first-order valence-electron chi connectivity index (χ1n) is 7.53. The van der Waals surface area contributed by atoms with E-state index < -0.39 is 0 Å². The molecule has 5 heteroatoms. The molecule has 0 radical (unpaired) electrons. The van der Waals surface area contributed by atoms with Crippen LogP contribution in [0.4, 0.5) is 0 Å². The zero-order valence-electron chi connectivity index (χ0n) is 13.2. The maximum atomic E-state index is 5.29. The van der Waals surface area contributed by atoms with Gasteiger partial charge >= 0.3 is 0 Å². The molecule has 0 fully saturated rings. The Kier molecular flexibility index (Phi) is 4.69. The van der Waals surface area contributed by atoms with E-state index in [9.17, 15) is 0 Å². The van der Waals surface area contributed by atoms with Crippen LogP contribution in [0.25, 0.3) is 11.1 Å². The van der Waals surface area contributed by atoms with Crippen LogP contribution in [0.5, 0.6) is 0 Å². The highest BCUT2D eigenvalue weighted by molar-refractivity contribution is 7.80. The highest BCUT2D eigenvalue weighted by atomic mass is 32.1. The quantitative estimate of drug-likeness (QED) is 0.572. The summed E-state index contributed by atoms with van der Waals surface area (Å²) in [6.07, 6.45) is 0. The van der Waals surface area contributed by atoms with Gasteiger partial charge in [-0.05, 0) is 30.3 Å². The molecule has 23 heavy (non-hydrogen) atoms. The molecular weight excluding hydrogens is 306 g/mol. The van der Waals surface area contributed by atoms with E-state index in [1.165, 1.54) is 11.1 Å². The van der Waals surface area contributed by atoms with Crippen molar-refractivity contribution >= 4 is 23.0 Å². The molecule has 2 aromatic rings. The molecule has 1 aliphatic carbocycles. The van der Waals surface area contributed by atoms with Gasteiger partial charge in [-0.3, -0.25) is 5.43 Å². The normalized spacial score (nSPS) is 13.0. The third kappa shape index (κ3) is 3.25. The molecule has 0 aliphatic heterocycles. The lowest BCUT2D eigenvalue weighted by molar-refractivity contribution is 0.179. The average molecular weight is 325 g/mol. The summed E-state index contributed by atoms with van der Waals surface area (Å²) in [5, 5.41) is 8.17. The molecule has 3 rings (SSSR count).